The van der Waals surface area contributed by atoms with Gasteiger partial charge < -0.3 is 15.3 Å². The Bertz CT molecular complexity index is 690. The van der Waals surface area contributed by atoms with Crippen molar-refractivity contribution >= 4 is 17.6 Å². The number of aliphatic carboxylic acids is 1. The van der Waals surface area contributed by atoms with E-state index in [1.165, 1.54) is 0 Å². The van der Waals surface area contributed by atoms with E-state index < -0.39 is 5.97 Å². The van der Waals surface area contributed by atoms with Crippen LogP contribution in [0.3, 0.4) is 0 Å². The van der Waals surface area contributed by atoms with Gasteiger partial charge in [0, 0.05) is 36.4 Å². The molecule has 0 saturated carbocycles. The number of rotatable bonds is 7. The van der Waals surface area contributed by atoms with E-state index in [-0.39, 0.29) is 18.5 Å². The molecule has 156 valence electrons. The highest BCUT2D eigenvalue weighted by molar-refractivity contribution is 5.97. The van der Waals surface area contributed by atoms with Crippen molar-refractivity contribution in [2.45, 2.75) is 59.0 Å². The first-order chi connectivity index (χ1) is 13.2. The third kappa shape index (κ3) is 5.71. The molecule has 6 nitrogen and oxygen atoms in total. The van der Waals surface area contributed by atoms with Gasteiger partial charge >= 0.3 is 5.97 Å². The van der Waals surface area contributed by atoms with Crippen LogP contribution in [0.1, 0.15) is 56.0 Å². The molecule has 1 heterocycles. The molecule has 0 aromatic heterocycles. The molecule has 2 N–H and O–H groups in total. The quantitative estimate of drug-likeness (QED) is 0.747. The minimum Gasteiger partial charge on any atom is -0.480 e. The maximum absolute atomic E-state index is 13.2. The number of likely N-dealkylation sites (N-methyl/N-ethyl adjacent to an activating group) is 1. The summed E-state index contributed by atoms with van der Waals surface area (Å²) in [5.41, 5.74) is 2.75. The number of carbonyl (C=O) groups excluding carboxylic acids is 1. The van der Waals surface area contributed by atoms with Crippen LogP contribution in [0.5, 0.6) is 0 Å². The summed E-state index contributed by atoms with van der Waals surface area (Å²) < 4.78 is 0. The third-order valence-electron chi connectivity index (χ3n) is 5.94. The van der Waals surface area contributed by atoms with Crippen molar-refractivity contribution in [1.82, 2.24) is 9.80 Å². The van der Waals surface area contributed by atoms with Crippen molar-refractivity contribution in [3.8, 4) is 0 Å². The van der Waals surface area contributed by atoms with Crippen molar-refractivity contribution in [1.29, 1.82) is 0 Å². The number of benzene rings is 1. The maximum Gasteiger partial charge on any atom is 0.317 e. The smallest absolute Gasteiger partial charge is 0.317 e. The number of hydrogen-bond donors (Lipinski definition) is 2. The summed E-state index contributed by atoms with van der Waals surface area (Å²) in [6.45, 7) is 9.93. The number of likely N-dealkylation sites (tertiary alicyclic amines) is 1. The maximum atomic E-state index is 13.2. The normalized spacial score (nSPS) is 18.8. The van der Waals surface area contributed by atoms with E-state index in [2.05, 4.69) is 26.1 Å². The van der Waals surface area contributed by atoms with E-state index in [4.69, 9.17) is 5.11 Å². The fourth-order valence-corrected chi connectivity index (χ4v) is 3.67. The summed E-state index contributed by atoms with van der Waals surface area (Å²) in [5.74, 6) is -0.237. The van der Waals surface area contributed by atoms with Gasteiger partial charge in [-0.2, -0.15) is 0 Å². The Morgan fingerprint density at radius 1 is 1.25 bits per heavy atom. The number of nitrogens with zero attached hydrogens (tertiary/aromatic N) is 2. The van der Waals surface area contributed by atoms with Gasteiger partial charge in [0.25, 0.3) is 5.91 Å². The Morgan fingerprint density at radius 2 is 1.96 bits per heavy atom. The molecule has 6 heteroatoms. The van der Waals surface area contributed by atoms with Gasteiger partial charge in [-0.15, -0.1) is 0 Å². The first kappa shape index (κ1) is 22.2. The fraction of sp³-hybridized carbons (Fsp3) is 0.636. The summed E-state index contributed by atoms with van der Waals surface area (Å²) in [6, 6.07) is 6.41. The van der Waals surface area contributed by atoms with Crippen LogP contribution in [0.4, 0.5) is 5.69 Å². The van der Waals surface area contributed by atoms with E-state index in [1.54, 1.807) is 0 Å². The van der Waals surface area contributed by atoms with Gasteiger partial charge in [-0.05, 0) is 63.8 Å². The molecule has 1 amide bonds. The Labute approximate surface area is 168 Å². The summed E-state index contributed by atoms with van der Waals surface area (Å²) >= 11 is 0. The largest absolute Gasteiger partial charge is 0.480 e. The lowest BCUT2D eigenvalue weighted by Crippen LogP contribution is -2.37. The minimum absolute atomic E-state index is 0.0411. The van der Waals surface area contributed by atoms with Gasteiger partial charge in [0.05, 0.1) is 6.54 Å². The summed E-state index contributed by atoms with van der Waals surface area (Å²) in [7, 11) is 1.85. The molecule has 1 aromatic rings. The molecule has 0 bridgehead atoms. The second-order valence-electron chi connectivity index (χ2n) is 8.34. The lowest BCUT2D eigenvalue weighted by molar-refractivity contribution is -0.138. The van der Waals surface area contributed by atoms with Gasteiger partial charge in [-0.25, -0.2) is 0 Å². The molecule has 0 radical (unpaired) electrons. The third-order valence-corrected chi connectivity index (χ3v) is 5.94. The van der Waals surface area contributed by atoms with E-state index in [9.17, 15) is 9.59 Å². The minimum atomic E-state index is -0.810. The highest BCUT2D eigenvalue weighted by atomic mass is 16.4. The Morgan fingerprint density at radius 3 is 2.61 bits per heavy atom. The van der Waals surface area contributed by atoms with Crippen LogP contribution in [0.25, 0.3) is 0 Å². The summed E-state index contributed by atoms with van der Waals surface area (Å²) in [6.07, 6.45) is 2.61. The van der Waals surface area contributed by atoms with Crippen LogP contribution >= 0.6 is 0 Å². The Balaban J connectivity index is 2.08. The summed E-state index contributed by atoms with van der Waals surface area (Å²) in [4.78, 5) is 28.0. The molecule has 1 aromatic carbocycles. The number of amides is 1. The topological polar surface area (TPSA) is 72.9 Å². The monoisotopic (exact) mass is 389 g/mol. The number of hydrogen-bond acceptors (Lipinski definition) is 4. The second-order valence-corrected chi connectivity index (χ2v) is 8.34. The fourth-order valence-electron chi connectivity index (χ4n) is 3.67. The Kier molecular flexibility index (Phi) is 7.87. The van der Waals surface area contributed by atoms with Crippen LogP contribution in [-0.4, -0.2) is 65.5 Å². The first-order valence-corrected chi connectivity index (χ1v) is 10.3. The standard InChI is InChI=1S/C22H35N3O3/c1-15(2)17(4)23-20-10-6-9-19(16(20)3)22(28)25-12-7-8-18(11-13-25)24(5)14-21(26)27/h6,9-10,15,17-18,23H,7-8,11-14H2,1-5H3,(H,26,27). The Hall–Kier alpha value is -2.08. The SMILES string of the molecule is Cc1c(NC(C)C(C)C)cccc1C(=O)N1CCCC(N(C)CC(=O)O)CC1. The van der Waals surface area contributed by atoms with E-state index in [0.717, 1.165) is 42.6 Å². The van der Waals surface area contributed by atoms with E-state index >= 15 is 0 Å². The van der Waals surface area contributed by atoms with Gasteiger partial charge in [-0.3, -0.25) is 14.5 Å². The average Bonchev–Trinajstić information content (AvgIpc) is 2.88. The number of carbonyl (C=O) groups is 2. The lowest BCUT2D eigenvalue weighted by Gasteiger charge is -2.26. The van der Waals surface area contributed by atoms with Crippen molar-refractivity contribution in [3.63, 3.8) is 0 Å². The molecule has 0 aliphatic carbocycles. The van der Waals surface area contributed by atoms with Gasteiger partial charge in [0.1, 0.15) is 0 Å². The lowest BCUT2D eigenvalue weighted by atomic mass is 10.0. The molecule has 2 rings (SSSR count). The molecule has 1 fully saturated rings. The van der Waals surface area contributed by atoms with Crippen molar-refractivity contribution in [2.75, 3.05) is 32.0 Å². The predicted molar refractivity (Wildman–Crippen MR) is 113 cm³/mol. The van der Waals surface area contributed by atoms with E-state index in [1.807, 2.05) is 42.0 Å². The zero-order valence-corrected chi connectivity index (χ0v) is 17.9. The van der Waals surface area contributed by atoms with Gasteiger partial charge in [0.15, 0.2) is 0 Å². The second kappa shape index (κ2) is 9.92. The molecular weight excluding hydrogens is 354 g/mol. The van der Waals surface area contributed by atoms with Crippen LogP contribution in [0.2, 0.25) is 0 Å². The van der Waals surface area contributed by atoms with Crippen LogP contribution < -0.4 is 5.32 Å². The van der Waals surface area contributed by atoms with Crippen LogP contribution in [0, 0.1) is 12.8 Å². The molecule has 2 atom stereocenters. The molecule has 0 spiro atoms. The molecule has 1 aliphatic rings. The predicted octanol–water partition coefficient (Wildman–Crippen LogP) is 3.46. The average molecular weight is 390 g/mol. The zero-order valence-electron chi connectivity index (χ0n) is 17.9. The molecule has 28 heavy (non-hydrogen) atoms. The number of anilines is 1. The van der Waals surface area contributed by atoms with Crippen LogP contribution in [-0.2, 0) is 4.79 Å². The number of carboxylic acid groups (broad SMARTS) is 1. The van der Waals surface area contributed by atoms with E-state index in [0.29, 0.717) is 18.5 Å². The zero-order chi connectivity index (χ0) is 20.8. The van der Waals surface area contributed by atoms with Crippen molar-refractivity contribution in [3.05, 3.63) is 29.3 Å². The molecular formula is C22H35N3O3. The van der Waals surface area contributed by atoms with Crippen molar-refractivity contribution in [2.24, 2.45) is 5.92 Å². The van der Waals surface area contributed by atoms with Gasteiger partial charge in [0.2, 0.25) is 0 Å². The molecule has 2 unspecified atom stereocenters. The van der Waals surface area contributed by atoms with Crippen LogP contribution in [0.15, 0.2) is 18.2 Å². The number of carboxylic acids is 1. The van der Waals surface area contributed by atoms with Gasteiger partial charge in [-0.1, -0.05) is 19.9 Å². The highest BCUT2D eigenvalue weighted by Crippen LogP contribution is 2.24. The molecule has 1 saturated heterocycles. The number of nitrogens with one attached hydrogen (secondary N) is 1. The van der Waals surface area contributed by atoms with Crippen molar-refractivity contribution < 1.29 is 14.7 Å². The molecule has 1 aliphatic heterocycles. The summed E-state index contributed by atoms with van der Waals surface area (Å²) in [5, 5.41) is 12.5. The highest BCUT2D eigenvalue weighted by Gasteiger charge is 2.25. The first-order valence-electron chi connectivity index (χ1n) is 10.3.